The second kappa shape index (κ2) is 3.73. The first-order chi connectivity index (χ1) is 4.06. The first kappa shape index (κ1) is 8.77. The summed E-state index contributed by atoms with van der Waals surface area (Å²) in [6.07, 6.45) is 0. The Morgan fingerprint density at radius 3 is 2.22 bits per heavy atom. The molecule has 0 heterocycles. The van der Waals surface area contributed by atoms with Gasteiger partial charge in [-0.1, -0.05) is 0 Å². The van der Waals surface area contributed by atoms with E-state index in [1.54, 1.807) is 0 Å². The molecule has 0 aromatic carbocycles. The molecule has 0 aliphatic heterocycles. The molecule has 0 saturated heterocycles. The topological polar surface area (TPSA) is 29.5 Å². The molecular weight excluding hydrogens is 136 g/mol. The average Bonchev–Trinajstić information content (AvgIpc) is 1.63. The highest BCUT2D eigenvalue weighted by Crippen LogP contribution is 2.07. The van der Waals surface area contributed by atoms with Crippen molar-refractivity contribution >= 4 is 6.98 Å². The molecule has 0 radical (unpaired) electrons. The molecular formula is C3H7BF3O2-. The highest BCUT2D eigenvalue weighted by Gasteiger charge is 2.22. The van der Waals surface area contributed by atoms with Gasteiger partial charge in [-0.3, -0.25) is 0 Å². The zero-order valence-corrected chi connectivity index (χ0v) is 4.69. The van der Waals surface area contributed by atoms with Gasteiger partial charge in [-0.2, -0.15) is 0 Å². The van der Waals surface area contributed by atoms with Crippen LogP contribution in [0.15, 0.2) is 0 Å². The Kier molecular flexibility index (Phi) is 3.64. The molecule has 6 heteroatoms. The van der Waals surface area contributed by atoms with Gasteiger partial charge in [0.05, 0.1) is 13.2 Å². The highest BCUT2D eigenvalue weighted by molar-refractivity contribution is 6.58. The third-order valence-corrected chi connectivity index (χ3v) is 0.542. The molecule has 0 aromatic heterocycles. The van der Waals surface area contributed by atoms with Crippen molar-refractivity contribution in [2.45, 2.75) is 0 Å². The maximum Gasteiger partial charge on any atom is 0.503 e. The first-order valence-electron chi connectivity index (χ1n) is 2.46. The van der Waals surface area contributed by atoms with E-state index in [1.807, 2.05) is 0 Å². The minimum Gasteiger partial charge on any atom is -0.447 e. The second-order valence-corrected chi connectivity index (χ2v) is 1.51. The van der Waals surface area contributed by atoms with E-state index < -0.39 is 13.5 Å². The minimum atomic E-state index is -4.84. The Balaban J connectivity index is 3.07. The standard InChI is InChI=1S/C3H7BF3O2/c5-4(6,7)3-9-2-1-8/h8H,1-3H2/q-1. The lowest BCUT2D eigenvalue weighted by Gasteiger charge is -2.12. The lowest BCUT2D eigenvalue weighted by Crippen LogP contribution is -2.24. The van der Waals surface area contributed by atoms with Gasteiger partial charge < -0.3 is 22.8 Å². The molecule has 9 heavy (non-hydrogen) atoms. The smallest absolute Gasteiger partial charge is 0.447 e. The van der Waals surface area contributed by atoms with Crippen LogP contribution in [-0.4, -0.2) is 31.8 Å². The van der Waals surface area contributed by atoms with E-state index in [0.717, 1.165) is 0 Å². The summed E-state index contributed by atoms with van der Waals surface area (Å²) in [5.74, 6) is 0. The Bertz CT molecular complexity index is 73.9. The highest BCUT2D eigenvalue weighted by atomic mass is 19.4. The van der Waals surface area contributed by atoms with Crippen LogP contribution < -0.4 is 0 Å². The van der Waals surface area contributed by atoms with E-state index in [1.165, 1.54) is 0 Å². The maximum atomic E-state index is 11.2. The Morgan fingerprint density at radius 2 is 1.89 bits per heavy atom. The molecule has 0 aliphatic rings. The van der Waals surface area contributed by atoms with E-state index >= 15 is 0 Å². The number of hydrogen-bond donors (Lipinski definition) is 1. The predicted molar refractivity (Wildman–Crippen MR) is 27.0 cm³/mol. The largest absolute Gasteiger partial charge is 0.503 e. The van der Waals surface area contributed by atoms with Crippen LogP contribution in [0, 0.1) is 0 Å². The number of halogens is 3. The van der Waals surface area contributed by atoms with Gasteiger partial charge in [0.2, 0.25) is 0 Å². The summed E-state index contributed by atoms with van der Waals surface area (Å²) in [5, 5.41) is 7.98. The van der Waals surface area contributed by atoms with Gasteiger partial charge in [0.1, 0.15) is 0 Å². The minimum absolute atomic E-state index is 0.249. The number of hydrogen-bond acceptors (Lipinski definition) is 2. The van der Waals surface area contributed by atoms with Gasteiger partial charge in [0.15, 0.2) is 0 Å². The van der Waals surface area contributed by atoms with Crippen LogP contribution in [0.5, 0.6) is 0 Å². The summed E-state index contributed by atoms with van der Waals surface area (Å²) >= 11 is 0. The molecule has 2 nitrogen and oxygen atoms in total. The molecule has 0 spiro atoms. The Hall–Kier alpha value is -0.225. The number of aliphatic hydroxyl groups is 1. The molecule has 0 fully saturated rings. The Labute approximate surface area is 50.7 Å². The summed E-state index contributed by atoms with van der Waals surface area (Å²) in [5.41, 5.74) is 0. The second-order valence-electron chi connectivity index (χ2n) is 1.51. The van der Waals surface area contributed by atoms with Gasteiger partial charge >= 0.3 is 6.98 Å². The SMILES string of the molecule is OCCOC[B-](F)(F)F. The van der Waals surface area contributed by atoms with Crippen LogP contribution in [0.25, 0.3) is 0 Å². The average molecular weight is 143 g/mol. The van der Waals surface area contributed by atoms with E-state index in [4.69, 9.17) is 5.11 Å². The Morgan fingerprint density at radius 1 is 1.33 bits per heavy atom. The van der Waals surface area contributed by atoms with Crippen LogP contribution in [0.2, 0.25) is 0 Å². The third-order valence-electron chi connectivity index (χ3n) is 0.542. The van der Waals surface area contributed by atoms with Crippen molar-refractivity contribution in [2.24, 2.45) is 0 Å². The molecule has 0 aromatic rings. The summed E-state index contributed by atoms with van der Waals surface area (Å²) in [4.78, 5) is 0. The first-order valence-corrected chi connectivity index (χ1v) is 2.46. The van der Waals surface area contributed by atoms with Crippen LogP contribution in [0.3, 0.4) is 0 Å². The summed E-state index contributed by atoms with van der Waals surface area (Å²) in [6, 6.07) is 0. The van der Waals surface area contributed by atoms with Gasteiger partial charge in [-0.15, -0.1) is 0 Å². The van der Waals surface area contributed by atoms with Crippen molar-refractivity contribution in [3.05, 3.63) is 0 Å². The molecule has 0 atom stereocenters. The van der Waals surface area contributed by atoms with Crippen molar-refractivity contribution in [3.8, 4) is 0 Å². The molecule has 0 unspecified atom stereocenters. The van der Waals surface area contributed by atoms with Gasteiger partial charge in [-0.25, -0.2) is 0 Å². The summed E-state index contributed by atoms with van der Waals surface area (Å²) < 4.78 is 37.7. The summed E-state index contributed by atoms with van der Waals surface area (Å²) in [6.45, 7) is -6.68. The van der Waals surface area contributed by atoms with E-state index in [-0.39, 0.29) is 13.2 Å². The van der Waals surface area contributed by atoms with Crippen molar-refractivity contribution < 1.29 is 22.8 Å². The van der Waals surface area contributed by atoms with Crippen LogP contribution in [0.1, 0.15) is 0 Å². The number of aliphatic hydroxyl groups excluding tert-OH is 1. The fourth-order valence-corrected chi connectivity index (χ4v) is 0.282. The van der Waals surface area contributed by atoms with Crippen molar-refractivity contribution in [3.63, 3.8) is 0 Å². The van der Waals surface area contributed by atoms with Crippen LogP contribution >= 0.6 is 0 Å². The summed E-state index contributed by atoms with van der Waals surface area (Å²) in [7, 11) is 0. The lowest BCUT2D eigenvalue weighted by molar-refractivity contribution is 0.106. The lowest BCUT2D eigenvalue weighted by atomic mass is 9.95. The normalized spacial score (nSPS) is 12.0. The van der Waals surface area contributed by atoms with E-state index in [0.29, 0.717) is 0 Å². The molecule has 0 aliphatic carbocycles. The zero-order valence-electron chi connectivity index (χ0n) is 4.69. The fourth-order valence-electron chi connectivity index (χ4n) is 0.282. The molecule has 1 N–H and O–H groups in total. The zero-order chi connectivity index (χ0) is 7.33. The van der Waals surface area contributed by atoms with Gasteiger partial charge in [-0.05, 0) is 0 Å². The van der Waals surface area contributed by atoms with Gasteiger partial charge in [0.25, 0.3) is 0 Å². The van der Waals surface area contributed by atoms with Crippen molar-refractivity contribution in [2.75, 3.05) is 19.7 Å². The molecule has 0 saturated carbocycles. The monoisotopic (exact) mass is 143 g/mol. The van der Waals surface area contributed by atoms with Gasteiger partial charge in [0, 0.05) is 6.51 Å². The predicted octanol–water partition coefficient (Wildman–Crippen LogP) is 0.382. The fraction of sp³-hybridized carbons (Fsp3) is 1.00. The third kappa shape index (κ3) is 7.77. The molecule has 56 valence electrons. The van der Waals surface area contributed by atoms with Crippen LogP contribution in [0.4, 0.5) is 12.9 Å². The van der Waals surface area contributed by atoms with Crippen LogP contribution in [-0.2, 0) is 4.74 Å². The molecule has 0 rings (SSSR count). The number of ether oxygens (including phenoxy) is 1. The van der Waals surface area contributed by atoms with E-state index in [2.05, 4.69) is 4.74 Å². The molecule has 0 amide bonds. The quantitative estimate of drug-likeness (QED) is 0.455. The number of rotatable bonds is 4. The van der Waals surface area contributed by atoms with Crippen molar-refractivity contribution in [1.29, 1.82) is 0 Å². The van der Waals surface area contributed by atoms with Crippen molar-refractivity contribution in [1.82, 2.24) is 0 Å². The maximum absolute atomic E-state index is 11.2. The molecule has 0 bridgehead atoms. The van der Waals surface area contributed by atoms with E-state index in [9.17, 15) is 12.9 Å².